The summed E-state index contributed by atoms with van der Waals surface area (Å²) in [6.45, 7) is 1.86. The van der Waals surface area contributed by atoms with Gasteiger partial charge in [-0.25, -0.2) is 5.01 Å². The lowest BCUT2D eigenvalue weighted by Gasteiger charge is -2.40. The highest BCUT2D eigenvalue weighted by molar-refractivity contribution is 6.31. The van der Waals surface area contributed by atoms with Gasteiger partial charge in [-0.15, -0.1) is 0 Å². The molecule has 52 heavy (non-hydrogen) atoms. The first kappa shape index (κ1) is 37.0. The Bertz CT molecular complexity index is 2110. The highest BCUT2D eigenvalue weighted by Crippen LogP contribution is 2.40. The third-order valence-electron chi connectivity index (χ3n) is 9.93. The first-order valence-electron chi connectivity index (χ1n) is 17.5. The van der Waals surface area contributed by atoms with Crippen LogP contribution < -0.4 is 11.2 Å². The molecular weight excluding hydrogens is 693 g/mol. The van der Waals surface area contributed by atoms with Gasteiger partial charge in [0.25, 0.3) is 11.8 Å². The minimum Gasteiger partial charge on any atom is -0.398 e. The molecule has 0 bridgehead atoms. The molecule has 0 heterocycles. The van der Waals surface area contributed by atoms with Crippen molar-refractivity contribution in [2.24, 2.45) is 0 Å². The number of nitrogens with zero attached hydrogens (tertiary/aromatic N) is 1. The summed E-state index contributed by atoms with van der Waals surface area (Å²) in [5.74, 6) is 11.1. The van der Waals surface area contributed by atoms with Crippen molar-refractivity contribution in [2.45, 2.75) is 81.5 Å². The van der Waals surface area contributed by atoms with Crippen LogP contribution in [0.5, 0.6) is 0 Å². The molecule has 2 aliphatic carbocycles. The van der Waals surface area contributed by atoms with Gasteiger partial charge in [0.15, 0.2) is 0 Å². The Balaban J connectivity index is 1.28. The van der Waals surface area contributed by atoms with E-state index in [1.165, 1.54) is 5.01 Å². The normalized spacial score (nSPS) is 22.6. The molecule has 0 spiro atoms. The number of nitrogens with one attached hydrogen (secondary N) is 1. The zero-order chi connectivity index (χ0) is 36.9. The Morgan fingerprint density at radius 3 is 2.06 bits per heavy atom. The molecule has 2 amide bonds. The summed E-state index contributed by atoms with van der Waals surface area (Å²) >= 11 is 12.3. The van der Waals surface area contributed by atoms with E-state index in [4.69, 9.17) is 28.9 Å². The average molecular weight is 735 g/mol. The quantitative estimate of drug-likeness (QED) is 0.0970. The van der Waals surface area contributed by atoms with Crippen LogP contribution in [0, 0.1) is 30.6 Å². The second-order valence-electron chi connectivity index (χ2n) is 13.9. The van der Waals surface area contributed by atoms with Gasteiger partial charge in [0.05, 0.1) is 6.04 Å². The van der Waals surface area contributed by atoms with E-state index in [1.54, 1.807) is 60.7 Å². The Kier molecular flexibility index (Phi) is 11.3. The lowest BCUT2D eigenvalue weighted by molar-refractivity contribution is 0.00106. The van der Waals surface area contributed by atoms with E-state index in [1.807, 2.05) is 37.3 Å². The van der Waals surface area contributed by atoms with Crippen LogP contribution in [-0.2, 0) is 0 Å². The number of aryl methyl sites for hydroxylation is 1. The van der Waals surface area contributed by atoms with Crippen molar-refractivity contribution >= 4 is 40.7 Å². The van der Waals surface area contributed by atoms with Gasteiger partial charge in [-0.2, -0.15) is 0 Å². The number of hydrogen-bond donors (Lipinski definition) is 4. The highest BCUT2D eigenvalue weighted by Gasteiger charge is 2.39. The molecule has 2 fully saturated rings. The summed E-state index contributed by atoms with van der Waals surface area (Å²) in [5, 5.41) is 25.7. The number of carbonyl (C=O) groups excluding carboxylic acids is 2. The Hall–Kier alpha value is -4.76. The fourth-order valence-corrected chi connectivity index (χ4v) is 7.53. The Morgan fingerprint density at radius 2 is 1.42 bits per heavy atom. The average Bonchev–Trinajstić information content (AvgIpc) is 3.13. The van der Waals surface area contributed by atoms with Crippen LogP contribution in [0.15, 0.2) is 91.0 Å². The van der Waals surface area contributed by atoms with Crippen molar-refractivity contribution in [1.82, 2.24) is 10.4 Å². The molecule has 0 radical (unpaired) electrons. The molecule has 0 aromatic heterocycles. The van der Waals surface area contributed by atoms with Crippen LogP contribution in [-0.4, -0.2) is 44.3 Å². The van der Waals surface area contributed by atoms with E-state index in [0.29, 0.717) is 70.1 Å². The van der Waals surface area contributed by atoms with Gasteiger partial charge in [-0.1, -0.05) is 83.3 Å². The molecule has 7 nitrogen and oxygen atoms in total. The predicted octanol–water partition coefficient (Wildman–Crippen LogP) is 7.84. The molecular formula is C43H41Cl2N3O4. The van der Waals surface area contributed by atoms with E-state index in [-0.39, 0.29) is 12.3 Å². The molecule has 6 rings (SSSR count). The van der Waals surface area contributed by atoms with Gasteiger partial charge in [-0.3, -0.25) is 15.0 Å². The second kappa shape index (κ2) is 15.9. The number of rotatable bonds is 4. The highest BCUT2D eigenvalue weighted by atomic mass is 35.5. The number of nitrogens with two attached hydrogens (primary N) is 1. The molecule has 0 aliphatic heterocycles. The number of benzene rings is 4. The van der Waals surface area contributed by atoms with Gasteiger partial charge in [0.1, 0.15) is 11.2 Å². The maximum atomic E-state index is 14.3. The van der Waals surface area contributed by atoms with Gasteiger partial charge >= 0.3 is 0 Å². The SMILES string of the molecule is Cc1ccc(C(=O)N(NC(=O)c2ccccc2[C@H]2CCC[C@@](O)(C#Cc3cccc(Cl)c3)C2)[C@H]2CCC[C@@](O)(C#Cc3cccc(Cl)c3)C2)cc1N. The van der Waals surface area contributed by atoms with Crippen LogP contribution in [0.25, 0.3) is 0 Å². The molecule has 4 aromatic rings. The molecule has 2 aliphatic rings. The second-order valence-corrected chi connectivity index (χ2v) is 14.8. The summed E-state index contributed by atoms with van der Waals surface area (Å²) in [6, 6.07) is 26.1. The van der Waals surface area contributed by atoms with Crippen LogP contribution in [0.3, 0.4) is 0 Å². The number of aliphatic hydroxyl groups is 2. The third-order valence-corrected chi connectivity index (χ3v) is 10.4. The smallest absolute Gasteiger partial charge is 0.272 e. The van der Waals surface area contributed by atoms with Crippen LogP contribution in [0.2, 0.25) is 10.0 Å². The Morgan fingerprint density at radius 1 is 0.808 bits per heavy atom. The third kappa shape index (κ3) is 8.99. The molecule has 5 N–H and O–H groups in total. The fourth-order valence-electron chi connectivity index (χ4n) is 7.15. The maximum absolute atomic E-state index is 14.3. The topological polar surface area (TPSA) is 116 Å². The first-order valence-corrected chi connectivity index (χ1v) is 18.3. The molecule has 0 saturated heterocycles. The minimum atomic E-state index is -1.41. The number of halogens is 2. The Labute approximate surface area is 315 Å². The molecule has 0 unspecified atom stereocenters. The number of amides is 2. The van der Waals surface area contributed by atoms with Crippen molar-refractivity contribution in [1.29, 1.82) is 0 Å². The maximum Gasteiger partial charge on any atom is 0.272 e. The minimum absolute atomic E-state index is 0.122. The van der Waals surface area contributed by atoms with E-state index in [0.717, 1.165) is 24.0 Å². The van der Waals surface area contributed by atoms with Crippen LogP contribution in [0.4, 0.5) is 5.69 Å². The van der Waals surface area contributed by atoms with Crippen LogP contribution >= 0.6 is 23.2 Å². The number of hydrogen-bond acceptors (Lipinski definition) is 5. The van der Waals surface area contributed by atoms with Crippen LogP contribution in [0.1, 0.15) is 100 Å². The molecule has 2 saturated carbocycles. The van der Waals surface area contributed by atoms with Crippen molar-refractivity contribution < 1.29 is 19.8 Å². The monoisotopic (exact) mass is 733 g/mol. The van der Waals surface area contributed by atoms with Crippen molar-refractivity contribution in [3.05, 3.63) is 134 Å². The standard InChI is InChI=1S/C43H41Cl2N3O4/c1-29-16-17-32(26-39(29)46)41(50)48(36-13-7-21-43(52,28-36)23-19-31-9-5-12-35(45)25-31)47-40(49)38-15-3-2-14-37(38)33-10-6-20-42(51,27-33)22-18-30-8-4-11-34(44)24-30/h2-5,8-9,11-12,14-17,24-26,33,36,51-52H,6-7,10,13,20-21,27-28,46H2,1H3,(H,47,49)/t33-,36-,42+,43+/m0/s1. The van der Waals surface area contributed by atoms with Crippen molar-refractivity contribution in [2.75, 3.05) is 5.73 Å². The van der Waals surface area contributed by atoms with E-state index >= 15 is 0 Å². The summed E-state index contributed by atoms with van der Waals surface area (Å²) < 4.78 is 0. The van der Waals surface area contributed by atoms with E-state index < -0.39 is 29.1 Å². The largest absolute Gasteiger partial charge is 0.398 e. The molecule has 4 aromatic carbocycles. The van der Waals surface area contributed by atoms with E-state index in [2.05, 4.69) is 29.1 Å². The summed E-state index contributed by atoms with van der Waals surface area (Å²) in [7, 11) is 0. The zero-order valence-corrected chi connectivity index (χ0v) is 30.5. The molecule has 266 valence electrons. The number of anilines is 1. The lowest BCUT2D eigenvalue weighted by Crippen LogP contribution is -2.55. The van der Waals surface area contributed by atoms with Crippen molar-refractivity contribution in [3.8, 4) is 23.7 Å². The van der Waals surface area contributed by atoms with Gasteiger partial charge in [0.2, 0.25) is 0 Å². The first-order chi connectivity index (χ1) is 24.9. The summed E-state index contributed by atoms with van der Waals surface area (Å²) in [4.78, 5) is 28.5. The van der Waals surface area contributed by atoms with Gasteiger partial charge < -0.3 is 15.9 Å². The predicted molar refractivity (Wildman–Crippen MR) is 206 cm³/mol. The van der Waals surface area contributed by atoms with E-state index in [9.17, 15) is 19.8 Å². The van der Waals surface area contributed by atoms with Crippen molar-refractivity contribution in [3.63, 3.8) is 0 Å². The fraction of sp³-hybridized carbons (Fsp3) is 0.302. The summed E-state index contributed by atoms with van der Waals surface area (Å²) in [6.07, 6.45) is 3.99. The zero-order valence-electron chi connectivity index (χ0n) is 29.0. The van der Waals surface area contributed by atoms with Gasteiger partial charge in [-0.05, 0) is 124 Å². The number of carbonyl (C=O) groups is 2. The number of hydrazine groups is 1. The summed E-state index contributed by atoms with van der Waals surface area (Å²) in [5.41, 5.74) is 10.6. The molecule has 9 heteroatoms. The van der Waals surface area contributed by atoms with Gasteiger partial charge in [0, 0.05) is 44.4 Å². The molecule has 4 atom stereocenters. The number of nitrogen functional groups attached to an aromatic ring is 1. The lowest BCUT2D eigenvalue weighted by atomic mass is 9.74.